The number of hydrogen-bond donors (Lipinski definition) is 1. The summed E-state index contributed by atoms with van der Waals surface area (Å²) in [4.78, 5) is 53.4. The molecule has 14 nitrogen and oxygen atoms in total. The highest BCUT2D eigenvalue weighted by Gasteiger charge is 2.19. The third kappa shape index (κ3) is 10.6. The van der Waals surface area contributed by atoms with Crippen LogP contribution in [-0.4, -0.2) is 73.0 Å². The molecule has 0 saturated carbocycles. The van der Waals surface area contributed by atoms with Crippen molar-refractivity contribution in [1.29, 1.82) is 0 Å². The van der Waals surface area contributed by atoms with E-state index < -0.39 is 21.8 Å². The fourth-order valence-corrected chi connectivity index (χ4v) is 4.36. The van der Waals surface area contributed by atoms with Crippen molar-refractivity contribution < 1.29 is 38.4 Å². The summed E-state index contributed by atoms with van der Waals surface area (Å²) in [6.45, 7) is 6.93. The molecule has 0 spiro atoms. The zero-order valence-electron chi connectivity index (χ0n) is 25.3. The minimum Gasteiger partial charge on any atom is -0.490 e. The van der Waals surface area contributed by atoms with Crippen LogP contribution in [0.25, 0.3) is 11.1 Å². The fraction of sp³-hybridized carbons (Fsp3) is 0.367. The van der Waals surface area contributed by atoms with Gasteiger partial charge in [0.25, 0.3) is 0 Å². The average Bonchev–Trinajstić information content (AvgIpc) is 3.00. The number of nitrogens with zero attached hydrogens (tertiary/aromatic N) is 3. The topological polar surface area (TPSA) is 180 Å². The lowest BCUT2D eigenvalue weighted by Gasteiger charge is -2.25. The van der Waals surface area contributed by atoms with Crippen molar-refractivity contribution in [3.63, 3.8) is 0 Å². The monoisotopic (exact) mass is 612 g/mol. The molecule has 0 unspecified atom stereocenters. The van der Waals surface area contributed by atoms with Gasteiger partial charge >= 0.3 is 23.3 Å². The number of nitro groups is 2. The summed E-state index contributed by atoms with van der Waals surface area (Å²) in [6.07, 6.45) is 5.75. The number of methoxy groups -OCH3 is 2. The van der Waals surface area contributed by atoms with Gasteiger partial charge in [-0.05, 0) is 65.9 Å². The summed E-state index contributed by atoms with van der Waals surface area (Å²) in [6, 6.07) is 9.85. The number of nitrogens with one attached hydrogen (secondary N) is 1. The van der Waals surface area contributed by atoms with Crippen molar-refractivity contribution in [2.45, 2.75) is 33.6 Å². The second kappa shape index (κ2) is 17.1. The first-order chi connectivity index (χ1) is 20.9. The van der Waals surface area contributed by atoms with Crippen LogP contribution in [0.2, 0.25) is 0 Å². The van der Waals surface area contributed by atoms with E-state index >= 15 is 0 Å². The third-order valence-corrected chi connectivity index (χ3v) is 6.50. The summed E-state index contributed by atoms with van der Waals surface area (Å²) >= 11 is 0. The fourth-order valence-electron chi connectivity index (χ4n) is 4.36. The van der Waals surface area contributed by atoms with Gasteiger partial charge in [-0.25, -0.2) is 0 Å². The Morgan fingerprint density at radius 2 is 1.30 bits per heavy atom. The smallest absolute Gasteiger partial charge is 0.310 e. The van der Waals surface area contributed by atoms with E-state index in [1.165, 1.54) is 45.8 Å². The molecule has 44 heavy (non-hydrogen) atoms. The van der Waals surface area contributed by atoms with Crippen molar-refractivity contribution in [2.75, 3.05) is 40.4 Å². The van der Waals surface area contributed by atoms with Gasteiger partial charge in [-0.1, -0.05) is 12.2 Å². The lowest BCUT2D eigenvalue weighted by Crippen LogP contribution is -2.32. The predicted octanol–water partition coefficient (Wildman–Crippen LogP) is 4.32. The molecule has 0 saturated heterocycles. The molecular weight excluding hydrogens is 576 g/mol. The first-order valence-corrected chi connectivity index (χ1v) is 13.6. The van der Waals surface area contributed by atoms with E-state index in [0.717, 1.165) is 42.6 Å². The van der Waals surface area contributed by atoms with Crippen molar-refractivity contribution in [3.8, 4) is 11.5 Å². The van der Waals surface area contributed by atoms with E-state index in [9.17, 15) is 34.6 Å². The van der Waals surface area contributed by atoms with Crippen LogP contribution >= 0.6 is 0 Å². The van der Waals surface area contributed by atoms with Gasteiger partial charge in [-0.3, -0.25) is 34.6 Å². The molecule has 2 aliphatic heterocycles. The highest BCUT2D eigenvalue weighted by atomic mass is 16.6. The standard InChI is InChI=1S/C14H16N2O4.C12H14N2O3.C4H6O3/c1-10(17)15-7-5-11(6-8-15)12-3-4-13(16(18)19)14(9-12)20-2;1-17-12-8-10(2-3-11(12)14(15)16)9-4-6-13-7-5-9;1-3(5)7-4(2)6/h3-5,9H,6-8H2,1-2H3;2-4,8,13H,5-7H2,1H3;1-2H3. The highest BCUT2D eigenvalue weighted by molar-refractivity contribution is 5.82. The Labute approximate surface area is 254 Å². The summed E-state index contributed by atoms with van der Waals surface area (Å²) in [5.74, 6) is -0.504. The molecule has 0 radical (unpaired) electrons. The number of hydrogen-bond acceptors (Lipinski definition) is 11. The van der Waals surface area contributed by atoms with Crippen LogP contribution in [0.5, 0.6) is 11.5 Å². The number of carbonyl (C=O) groups excluding carboxylic acids is 3. The number of benzene rings is 2. The summed E-state index contributed by atoms with van der Waals surface area (Å²) in [5, 5.41) is 24.8. The average molecular weight is 613 g/mol. The van der Waals surface area contributed by atoms with Crippen LogP contribution in [0.1, 0.15) is 44.7 Å². The SMILES string of the molecule is CC(=O)OC(C)=O.COc1cc(C2=CCN(C(C)=O)CC2)ccc1[N+](=O)[O-].COc1cc(C2=CCNCC2)ccc1[N+](=O)[O-]. The van der Waals surface area contributed by atoms with Crippen molar-refractivity contribution >= 4 is 40.4 Å². The number of esters is 2. The van der Waals surface area contributed by atoms with Gasteiger partial charge in [0.1, 0.15) is 0 Å². The minimum absolute atomic E-state index is 0.00536. The largest absolute Gasteiger partial charge is 0.490 e. The molecule has 14 heteroatoms. The van der Waals surface area contributed by atoms with Gasteiger partial charge < -0.3 is 24.4 Å². The van der Waals surface area contributed by atoms with Gasteiger partial charge in [-0.15, -0.1) is 0 Å². The zero-order valence-corrected chi connectivity index (χ0v) is 25.3. The third-order valence-electron chi connectivity index (χ3n) is 6.50. The molecule has 1 N–H and O–H groups in total. The first-order valence-electron chi connectivity index (χ1n) is 13.6. The van der Waals surface area contributed by atoms with Crippen LogP contribution in [0.15, 0.2) is 48.6 Å². The number of nitro benzene ring substituents is 2. The summed E-state index contributed by atoms with van der Waals surface area (Å²) in [7, 11) is 2.86. The lowest BCUT2D eigenvalue weighted by molar-refractivity contribution is -0.385. The Kier molecular flexibility index (Phi) is 13.6. The molecular formula is C30H36N4O10. The second-order valence-corrected chi connectivity index (χ2v) is 9.50. The maximum absolute atomic E-state index is 11.3. The molecule has 0 aliphatic carbocycles. The molecule has 0 fully saturated rings. The molecule has 236 valence electrons. The van der Waals surface area contributed by atoms with Crippen molar-refractivity contribution in [2.24, 2.45) is 0 Å². The predicted molar refractivity (Wildman–Crippen MR) is 162 cm³/mol. The molecule has 2 aromatic carbocycles. The van der Waals surface area contributed by atoms with E-state index in [1.807, 2.05) is 6.08 Å². The number of carbonyl (C=O) groups is 3. The number of ether oxygens (including phenoxy) is 3. The number of amides is 1. The van der Waals surface area contributed by atoms with Crippen LogP contribution in [-0.2, 0) is 19.1 Å². The Hall–Kier alpha value is -5.11. The molecule has 0 atom stereocenters. The molecule has 2 aliphatic rings. The van der Waals surface area contributed by atoms with Crippen LogP contribution < -0.4 is 14.8 Å². The first kappa shape index (κ1) is 35.1. The van der Waals surface area contributed by atoms with E-state index in [1.54, 1.807) is 36.1 Å². The number of rotatable bonds is 6. The normalized spacial score (nSPS) is 13.8. The van der Waals surface area contributed by atoms with Crippen LogP contribution in [0.4, 0.5) is 11.4 Å². The zero-order chi connectivity index (χ0) is 32.8. The van der Waals surface area contributed by atoms with Crippen molar-refractivity contribution in [1.82, 2.24) is 10.2 Å². The van der Waals surface area contributed by atoms with E-state index in [2.05, 4.69) is 16.1 Å². The van der Waals surface area contributed by atoms with Gasteiger partial charge in [0, 0.05) is 52.5 Å². The minimum atomic E-state index is -0.562. The Balaban J connectivity index is 0.000000256. The van der Waals surface area contributed by atoms with Gasteiger partial charge in [0.15, 0.2) is 11.5 Å². The molecule has 0 aromatic heterocycles. The van der Waals surface area contributed by atoms with Gasteiger partial charge in [0.05, 0.1) is 24.1 Å². The molecule has 0 bridgehead atoms. The maximum atomic E-state index is 11.3. The van der Waals surface area contributed by atoms with E-state index in [4.69, 9.17) is 9.47 Å². The Morgan fingerprint density at radius 3 is 1.61 bits per heavy atom. The second-order valence-electron chi connectivity index (χ2n) is 9.50. The molecule has 1 amide bonds. The Morgan fingerprint density at radius 1 is 0.795 bits per heavy atom. The molecule has 4 rings (SSSR count). The van der Waals surface area contributed by atoms with E-state index in [0.29, 0.717) is 18.8 Å². The van der Waals surface area contributed by atoms with Gasteiger partial charge in [0.2, 0.25) is 5.91 Å². The quantitative estimate of drug-likeness (QED) is 0.212. The van der Waals surface area contributed by atoms with Crippen LogP contribution in [0, 0.1) is 20.2 Å². The lowest BCUT2D eigenvalue weighted by atomic mass is 9.99. The van der Waals surface area contributed by atoms with E-state index in [-0.39, 0.29) is 23.0 Å². The molecule has 2 aromatic rings. The Bertz CT molecular complexity index is 1440. The maximum Gasteiger partial charge on any atom is 0.310 e. The van der Waals surface area contributed by atoms with Crippen LogP contribution in [0.3, 0.4) is 0 Å². The van der Waals surface area contributed by atoms with Gasteiger partial charge in [-0.2, -0.15) is 0 Å². The van der Waals surface area contributed by atoms with Crippen molar-refractivity contribution in [3.05, 3.63) is 79.9 Å². The molecule has 2 heterocycles. The summed E-state index contributed by atoms with van der Waals surface area (Å²) in [5.41, 5.74) is 4.14. The summed E-state index contributed by atoms with van der Waals surface area (Å²) < 4.78 is 14.1. The highest BCUT2D eigenvalue weighted by Crippen LogP contribution is 2.33.